The van der Waals surface area contributed by atoms with Crippen LogP contribution in [0, 0.1) is 0 Å². The lowest BCUT2D eigenvalue weighted by molar-refractivity contribution is -0.379. The summed E-state index contributed by atoms with van der Waals surface area (Å²) < 4.78 is 34.5. The van der Waals surface area contributed by atoms with Gasteiger partial charge in [0.2, 0.25) is 5.91 Å². The van der Waals surface area contributed by atoms with Crippen LogP contribution in [0.2, 0.25) is 0 Å². The summed E-state index contributed by atoms with van der Waals surface area (Å²) in [5, 5.41) is 121. The van der Waals surface area contributed by atoms with Crippen LogP contribution < -0.4 is 5.32 Å². The minimum Gasteiger partial charge on any atom is -0.394 e. The molecule has 19 nitrogen and oxygen atoms in total. The Kier molecular flexibility index (Phi) is 65.6. The monoisotopic (exact) mass is 1550 g/mol. The minimum atomic E-state index is -1.98. The van der Waals surface area contributed by atoms with Crippen LogP contribution in [0.15, 0.2) is 24.3 Å². The number of unbranched alkanes of at least 4 members (excludes halogenated alkanes) is 58. The first-order chi connectivity index (χ1) is 53.3. The summed E-state index contributed by atoms with van der Waals surface area (Å²) in [6.07, 6.45) is 62.0. The minimum absolute atomic E-state index is 0.249. The number of rotatable bonds is 76. The maximum atomic E-state index is 13.5. The first-order valence-corrected chi connectivity index (χ1v) is 46.1. The van der Waals surface area contributed by atoms with Crippen molar-refractivity contribution in [3.8, 4) is 0 Å². The number of ether oxygens (including phenoxy) is 6. The lowest BCUT2D eigenvalue weighted by atomic mass is 9.96. The number of amides is 1. The van der Waals surface area contributed by atoms with Crippen molar-refractivity contribution >= 4 is 5.91 Å². The number of hydrogen-bond acceptors (Lipinski definition) is 18. The van der Waals surface area contributed by atoms with Crippen molar-refractivity contribution in [2.45, 2.75) is 516 Å². The second-order valence-electron chi connectivity index (χ2n) is 33.1. The van der Waals surface area contributed by atoms with Gasteiger partial charge in [0.15, 0.2) is 18.9 Å². The van der Waals surface area contributed by atoms with E-state index in [1.165, 1.54) is 340 Å². The molecule has 19 heteroatoms. The molecule has 1 amide bonds. The number of carbonyl (C=O) groups is 1. The van der Waals surface area contributed by atoms with E-state index in [0.717, 1.165) is 44.9 Å². The molecule has 0 aromatic rings. The largest absolute Gasteiger partial charge is 0.394 e. The van der Waals surface area contributed by atoms with Crippen LogP contribution in [0.5, 0.6) is 0 Å². The van der Waals surface area contributed by atoms with E-state index < -0.39 is 124 Å². The van der Waals surface area contributed by atoms with Gasteiger partial charge < -0.3 is 89.9 Å². The Morgan fingerprint density at radius 2 is 0.578 bits per heavy atom. The maximum absolute atomic E-state index is 13.5. The molecule has 3 rings (SSSR count). The van der Waals surface area contributed by atoms with Gasteiger partial charge in [-0.2, -0.15) is 0 Å². The predicted molar refractivity (Wildman–Crippen MR) is 439 cm³/mol. The van der Waals surface area contributed by atoms with Crippen molar-refractivity contribution in [1.82, 2.24) is 5.32 Å². The number of hydrogen-bond donors (Lipinski definition) is 12. The van der Waals surface area contributed by atoms with Crippen LogP contribution in [0.3, 0.4) is 0 Å². The molecule has 0 spiro atoms. The average Bonchev–Trinajstić information content (AvgIpc) is 0.759. The molecule has 3 fully saturated rings. The molecule has 3 saturated heterocycles. The Labute approximate surface area is 664 Å². The molecule has 0 aliphatic carbocycles. The van der Waals surface area contributed by atoms with E-state index in [1.54, 1.807) is 6.08 Å². The van der Waals surface area contributed by atoms with Gasteiger partial charge in [-0.15, -0.1) is 0 Å². The van der Waals surface area contributed by atoms with Crippen LogP contribution in [0.25, 0.3) is 0 Å². The van der Waals surface area contributed by atoms with Crippen molar-refractivity contribution in [2.24, 2.45) is 0 Å². The lowest BCUT2D eigenvalue weighted by Gasteiger charge is -2.48. The fourth-order valence-electron chi connectivity index (χ4n) is 15.9. The van der Waals surface area contributed by atoms with Gasteiger partial charge in [-0.25, -0.2) is 0 Å². The van der Waals surface area contributed by atoms with Crippen molar-refractivity contribution in [2.75, 3.05) is 26.4 Å². The van der Waals surface area contributed by atoms with Gasteiger partial charge in [0.05, 0.1) is 38.6 Å². The van der Waals surface area contributed by atoms with Crippen molar-refractivity contribution < 1.29 is 89.4 Å². The van der Waals surface area contributed by atoms with Crippen LogP contribution in [0.4, 0.5) is 0 Å². The molecular formula is C90H171NO18. The zero-order valence-corrected chi connectivity index (χ0v) is 69.6. The fraction of sp³-hybridized carbons (Fsp3) is 0.944. The van der Waals surface area contributed by atoms with E-state index in [4.69, 9.17) is 28.4 Å². The molecule has 109 heavy (non-hydrogen) atoms. The third-order valence-electron chi connectivity index (χ3n) is 23.2. The van der Waals surface area contributed by atoms with Gasteiger partial charge in [-0.1, -0.05) is 385 Å². The molecule has 644 valence electrons. The zero-order chi connectivity index (χ0) is 78.8. The van der Waals surface area contributed by atoms with Crippen molar-refractivity contribution in [3.05, 3.63) is 24.3 Å². The Morgan fingerprint density at radius 3 is 0.890 bits per heavy atom. The zero-order valence-electron chi connectivity index (χ0n) is 69.6. The first kappa shape index (κ1) is 101. The van der Waals surface area contributed by atoms with Gasteiger partial charge in [-0.3, -0.25) is 4.79 Å². The number of aliphatic hydroxyl groups excluding tert-OH is 11. The quantitative estimate of drug-likeness (QED) is 0.0199. The lowest BCUT2D eigenvalue weighted by Crippen LogP contribution is -2.66. The first-order valence-electron chi connectivity index (χ1n) is 46.1. The SMILES string of the molecule is CCCCCCCCCC/C=C\CCCCCCCCCCCCCCCCCCCCCCCCCCCCCC(=O)NC(COC1OC(CO)C(OC2OC(CO)C(OC3OC(CO)C(O)C(O)C3O)C(O)C2O)C(O)C1O)C(O)/C=C/CCCCCCCCCCCCCCCCCCCCCCCCC. The topological polar surface area (TPSA) is 307 Å². The van der Waals surface area contributed by atoms with E-state index >= 15 is 0 Å². The second-order valence-corrected chi connectivity index (χ2v) is 33.1. The van der Waals surface area contributed by atoms with Gasteiger partial charge in [-0.05, 0) is 44.9 Å². The molecule has 17 unspecified atom stereocenters. The number of aliphatic hydroxyl groups is 11. The molecule has 0 aromatic carbocycles. The Bertz CT molecular complexity index is 2060. The average molecular weight is 1560 g/mol. The summed E-state index contributed by atoms with van der Waals surface area (Å²) >= 11 is 0. The molecule has 0 radical (unpaired) electrons. The highest BCUT2D eigenvalue weighted by molar-refractivity contribution is 5.76. The summed E-state index contributed by atoms with van der Waals surface area (Å²) in [6.45, 7) is 1.81. The second kappa shape index (κ2) is 70.5. The van der Waals surface area contributed by atoms with Crippen molar-refractivity contribution in [1.29, 1.82) is 0 Å². The Hall–Kier alpha value is -1.73. The third kappa shape index (κ3) is 49.2. The summed E-state index contributed by atoms with van der Waals surface area (Å²) in [5.74, 6) is -0.265. The normalized spacial score (nSPS) is 25.3. The highest BCUT2D eigenvalue weighted by atomic mass is 16.8. The maximum Gasteiger partial charge on any atom is 0.220 e. The van der Waals surface area contributed by atoms with E-state index in [2.05, 4.69) is 31.3 Å². The van der Waals surface area contributed by atoms with E-state index in [9.17, 15) is 61.0 Å². The van der Waals surface area contributed by atoms with E-state index in [1.807, 2.05) is 6.08 Å². The van der Waals surface area contributed by atoms with Crippen LogP contribution in [0.1, 0.15) is 412 Å². The van der Waals surface area contributed by atoms with Gasteiger partial charge in [0.25, 0.3) is 0 Å². The molecule has 0 bridgehead atoms. The van der Waals surface area contributed by atoms with Crippen LogP contribution in [-0.2, 0) is 33.2 Å². The van der Waals surface area contributed by atoms with Gasteiger partial charge in [0.1, 0.15) is 73.2 Å². The van der Waals surface area contributed by atoms with Gasteiger partial charge >= 0.3 is 0 Å². The highest BCUT2D eigenvalue weighted by Gasteiger charge is 2.54. The number of allylic oxidation sites excluding steroid dienone is 3. The third-order valence-corrected chi connectivity index (χ3v) is 23.2. The van der Waals surface area contributed by atoms with Crippen LogP contribution in [-0.4, -0.2) is 193 Å². The molecular weight excluding hydrogens is 1380 g/mol. The van der Waals surface area contributed by atoms with Crippen LogP contribution >= 0.6 is 0 Å². The molecule has 17 atom stereocenters. The molecule has 0 aromatic heterocycles. The molecule has 3 aliphatic heterocycles. The Balaban J connectivity index is 1.30. The smallest absolute Gasteiger partial charge is 0.220 e. The van der Waals surface area contributed by atoms with E-state index in [0.29, 0.717) is 6.42 Å². The molecule has 0 saturated carbocycles. The highest BCUT2D eigenvalue weighted by Crippen LogP contribution is 2.34. The Morgan fingerprint density at radius 1 is 0.321 bits per heavy atom. The van der Waals surface area contributed by atoms with Crippen molar-refractivity contribution in [3.63, 3.8) is 0 Å². The van der Waals surface area contributed by atoms with Gasteiger partial charge in [0, 0.05) is 6.42 Å². The predicted octanol–water partition coefficient (Wildman–Crippen LogP) is 17.6. The standard InChI is InChI=1S/C90H171NO18/c1-3-5-7-9-11-13-15-17-19-21-23-25-27-29-30-31-32-33-34-35-36-37-38-39-40-41-42-44-46-48-50-52-54-56-58-60-62-64-66-68-78(96)91-73(74(95)67-65-63-61-59-57-55-53-51-49-47-45-43-28-26-24-22-20-18-16-14-12-10-8-6-4-2)72-104-88-84(102)81(99)86(76(70-93)106-88)109-90-85(103)82(100)87(77(71-94)107-90)108-89-83(101)80(98)79(97)75(69-92)105-89/h21,23,65,67,73-77,79-90,92-95,97-103H,3-20,22,24-64,66,68-72H2,1-2H3,(H,91,96)/b23-21-,67-65+. The fourth-order valence-corrected chi connectivity index (χ4v) is 15.9. The summed E-state index contributed by atoms with van der Waals surface area (Å²) in [6, 6.07) is -0.972. The summed E-state index contributed by atoms with van der Waals surface area (Å²) in [5.41, 5.74) is 0. The molecule has 12 N–H and O–H groups in total. The number of carbonyl (C=O) groups excluding carboxylic acids is 1. The molecule has 3 heterocycles. The summed E-state index contributed by atoms with van der Waals surface area (Å²) in [7, 11) is 0. The van der Waals surface area contributed by atoms with E-state index in [-0.39, 0.29) is 18.9 Å². The number of nitrogens with one attached hydrogen (secondary N) is 1. The molecule has 3 aliphatic rings. The summed E-state index contributed by atoms with van der Waals surface area (Å²) in [4.78, 5) is 13.5.